The number of hydrogen-bond donors (Lipinski definition) is 3. The molecule has 4 N–H and O–H groups in total. The normalized spacial score (nSPS) is 17.4. The smallest absolute Gasteiger partial charge is 0.328 e. The fourth-order valence-electron chi connectivity index (χ4n) is 3.85. The van der Waals surface area contributed by atoms with Crippen LogP contribution in [0.15, 0.2) is 73.1 Å². The average Bonchev–Trinajstić information content (AvgIpc) is 2.77. The number of hydrogen-bond acceptors (Lipinski definition) is 5. The molecule has 32 heavy (non-hydrogen) atoms. The zero-order valence-corrected chi connectivity index (χ0v) is 17.8. The van der Waals surface area contributed by atoms with Crippen molar-refractivity contribution in [3.05, 3.63) is 84.2 Å². The van der Waals surface area contributed by atoms with E-state index in [0.29, 0.717) is 25.2 Å². The number of carbonyl (C=O) groups excluding carboxylic acids is 2. The molecule has 1 saturated heterocycles. The number of carboxylic acid groups (broad SMARTS) is 1. The van der Waals surface area contributed by atoms with E-state index >= 15 is 0 Å². The molecule has 168 valence electrons. The first-order valence-electron chi connectivity index (χ1n) is 10.5. The molecule has 2 aromatic carbocycles. The number of nitrogens with one attached hydrogen (secondary N) is 1. The van der Waals surface area contributed by atoms with Crippen LogP contribution in [0.3, 0.4) is 0 Å². The molecule has 1 heterocycles. The monoisotopic (exact) mass is 436 g/mol. The molecule has 2 aromatic rings. The van der Waals surface area contributed by atoms with Gasteiger partial charge in [-0.05, 0) is 24.0 Å². The molecule has 0 aliphatic carbocycles. The fourth-order valence-corrected chi connectivity index (χ4v) is 3.85. The first-order chi connectivity index (χ1) is 15.4. The minimum absolute atomic E-state index is 0.262. The van der Waals surface area contributed by atoms with Crippen LogP contribution in [0.4, 0.5) is 4.79 Å². The molecule has 0 spiro atoms. The summed E-state index contributed by atoms with van der Waals surface area (Å²) in [4.78, 5) is 40.5. The van der Waals surface area contributed by atoms with E-state index in [4.69, 9.17) is 5.73 Å². The van der Waals surface area contributed by atoms with Crippen molar-refractivity contribution in [3.8, 4) is 0 Å². The van der Waals surface area contributed by atoms with Gasteiger partial charge in [-0.3, -0.25) is 4.79 Å². The summed E-state index contributed by atoms with van der Waals surface area (Å²) < 4.78 is 0. The van der Waals surface area contributed by atoms with Crippen LogP contribution >= 0.6 is 0 Å². The van der Waals surface area contributed by atoms with E-state index < -0.39 is 29.9 Å². The van der Waals surface area contributed by atoms with Gasteiger partial charge in [0.1, 0.15) is 0 Å². The van der Waals surface area contributed by atoms with Gasteiger partial charge >= 0.3 is 12.0 Å². The Morgan fingerprint density at radius 2 is 1.56 bits per heavy atom. The number of imide groups is 1. The zero-order chi connectivity index (χ0) is 23.1. The summed E-state index contributed by atoms with van der Waals surface area (Å²) in [5.41, 5.74) is 7.24. The molecule has 1 aliphatic heterocycles. The predicted octanol–water partition coefficient (Wildman–Crippen LogP) is 2.52. The first-order valence-corrected chi connectivity index (χ1v) is 10.5. The van der Waals surface area contributed by atoms with E-state index in [0.717, 1.165) is 16.0 Å². The number of aliphatic carboxylic acids is 1. The van der Waals surface area contributed by atoms with Crippen molar-refractivity contribution in [2.45, 2.75) is 32.0 Å². The maximum absolute atomic E-state index is 13.4. The highest BCUT2D eigenvalue weighted by molar-refractivity contribution is 6.07. The van der Waals surface area contributed by atoms with Crippen molar-refractivity contribution in [3.63, 3.8) is 0 Å². The molecule has 0 saturated carbocycles. The van der Waals surface area contributed by atoms with E-state index in [1.807, 2.05) is 60.7 Å². The second-order valence-electron chi connectivity index (χ2n) is 7.80. The maximum Gasteiger partial charge on any atom is 0.328 e. The van der Waals surface area contributed by atoms with Gasteiger partial charge in [0.25, 0.3) is 0 Å². The number of likely N-dealkylation sites (tertiary alicyclic amines) is 1. The SMILES string of the molecule is C=C(N)NCCCC1C(=O)N(C(=O)N(Cc2ccccc2)Cc2ccccc2)C1C(=O)O. The van der Waals surface area contributed by atoms with Crippen LogP contribution in [0.2, 0.25) is 0 Å². The molecule has 2 unspecified atom stereocenters. The Hall–Kier alpha value is -3.81. The van der Waals surface area contributed by atoms with Gasteiger partial charge in [0, 0.05) is 19.6 Å². The first kappa shape index (κ1) is 22.9. The Labute approximate surface area is 187 Å². The largest absolute Gasteiger partial charge is 0.480 e. The van der Waals surface area contributed by atoms with Crippen molar-refractivity contribution in [1.82, 2.24) is 15.1 Å². The van der Waals surface area contributed by atoms with Gasteiger partial charge in [-0.15, -0.1) is 0 Å². The predicted molar refractivity (Wildman–Crippen MR) is 120 cm³/mol. The number of nitrogens with zero attached hydrogens (tertiary/aromatic N) is 2. The zero-order valence-electron chi connectivity index (χ0n) is 17.8. The second-order valence-corrected chi connectivity index (χ2v) is 7.80. The lowest BCUT2D eigenvalue weighted by molar-refractivity contribution is -0.167. The van der Waals surface area contributed by atoms with Crippen LogP contribution in [0, 0.1) is 5.92 Å². The minimum atomic E-state index is -1.18. The van der Waals surface area contributed by atoms with Crippen LogP contribution in [0.25, 0.3) is 0 Å². The van der Waals surface area contributed by atoms with E-state index in [1.165, 1.54) is 4.90 Å². The number of carbonyl (C=O) groups is 3. The Bertz CT molecular complexity index is 923. The summed E-state index contributed by atoms with van der Waals surface area (Å²) in [6.45, 7) is 4.54. The Balaban J connectivity index is 1.75. The highest BCUT2D eigenvalue weighted by Crippen LogP contribution is 2.32. The number of benzene rings is 2. The van der Waals surface area contributed by atoms with Crippen LogP contribution in [0.1, 0.15) is 24.0 Å². The van der Waals surface area contributed by atoms with Gasteiger partial charge in [-0.25, -0.2) is 14.5 Å². The molecule has 3 rings (SSSR count). The van der Waals surface area contributed by atoms with Crippen molar-refractivity contribution in [2.75, 3.05) is 6.54 Å². The molecule has 2 atom stereocenters. The third-order valence-electron chi connectivity index (χ3n) is 5.42. The van der Waals surface area contributed by atoms with Gasteiger partial charge in [-0.1, -0.05) is 67.2 Å². The molecule has 1 fully saturated rings. The quantitative estimate of drug-likeness (QED) is 0.389. The molecule has 8 nitrogen and oxygen atoms in total. The number of urea groups is 1. The van der Waals surface area contributed by atoms with Crippen molar-refractivity contribution >= 4 is 17.9 Å². The molecule has 8 heteroatoms. The summed E-state index contributed by atoms with van der Waals surface area (Å²) in [5, 5.41) is 12.6. The Kier molecular flexibility index (Phi) is 7.49. The highest BCUT2D eigenvalue weighted by Gasteiger charge is 2.55. The number of amides is 3. The molecule has 1 aliphatic rings. The summed E-state index contributed by atoms with van der Waals surface area (Å²) in [6, 6.07) is 17.0. The van der Waals surface area contributed by atoms with Crippen LogP contribution in [0.5, 0.6) is 0 Å². The average molecular weight is 437 g/mol. The number of rotatable bonds is 10. The molecular formula is C24H28N4O4. The van der Waals surface area contributed by atoms with Gasteiger partial charge in [-0.2, -0.15) is 0 Å². The van der Waals surface area contributed by atoms with Crippen molar-refractivity contribution < 1.29 is 19.5 Å². The van der Waals surface area contributed by atoms with E-state index in [2.05, 4.69) is 11.9 Å². The second kappa shape index (κ2) is 10.5. The highest BCUT2D eigenvalue weighted by atomic mass is 16.4. The summed E-state index contributed by atoms with van der Waals surface area (Å²) in [6.07, 6.45) is 0.882. The van der Waals surface area contributed by atoms with Gasteiger partial charge in [0.2, 0.25) is 5.91 Å². The van der Waals surface area contributed by atoms with Crippen molar-refractivity contribution in [2.24, 2.45) is 11.7 Å². The third-order valence-corrected chi connectivity index (χ3v) is 5.42. The molecular weight excluding hydrogens is 408 g/mol. The number of nitrogens with two attached hydrogens (primary N) is 1. The lowest BCUT2D eigenvalue weighted by Gasteiger charge is -2.45. The summed E-state index contributed by atoms with van der Waals surface area (Å²) in [5.74, 6) is -2.06. The molecule has 0 radical (unpaired) electrons. The Morgan fingerprint density at radius 3 is 2.03 bits per heavy atom. The van der Waals surface area contributed by atoms with Crippen LogP contribution < -0.4 is 11.1 Å². The van der Waals surface area contributed by atoms with Gasteiger partial charge in [0.05, 0.1) is 11.7 Å². The van der Waals surface area contributed by atoms with Crippen LogP contribution in [-0.4, -0.2) is 45.4 Å². The topological polar surface area (TPSA) is 116 Å². The molecule has 3 amide bonds. The Morgan fingerprint density at radius 1 is 1.03 bits per heavy atom. The standard InChI is InChI=1S/C24H28N4O4/c1-17(25)26-14-8-13-20-21(23(30)31)28(22(20)29)24(32)27(15-18-9-4-2-5-10-18)16-19-11-6-3-7-12-19/h2-7,9-12,20-21,26H,1,8,13-16,25H2,(H,30,31). The van der Waals surface area contributed by atoms with Crippen molar-refractivity contribution in [1.29, 1.82) is 0 Å². The van der Waals surface area contributed by atoms with Gasteiger partial charge in [0.15, 0.2) is 6.04 Å². The number of β-lactam (4-membered cyclic amide) rings is 1. The minimum Gasteiger partial charge on any atom is -0.480 e. The number of carboxylic acids is 1. The third kappa shape index (κ3) is 5.46. The lowest BCUT2D eigenvalue weighted by Crippen LogP contribution is -2.68. The summed E-state index contributed by atoms with van der Waals surface area (Å²) in [7, 11) is 0. The fraction of sp³-hybridized carbons (Fsp3) is 0.292. The van der Waals surface area contributed by atoms with E-state index in [-0.39, 0.29) is 13.1 Å². The van der Waals surface area contributed by atoms with Gasteiger partial charge < -0.3 is 21.1 Å². The van der Waals surface area contributed by atoms with E-state index in [1.54, 1.807) is 0 Å². The molecule has 0 aromatic heterocycles. The lowest BCUT2D eigenvalue weighted by atomic mass is 9.83. The molecule has 0 bridgehead atoms. The maximum atomic E-state index is 13.4. The summed E-state index contributed by atoms with van der Waals surface area (Å²) >= 11 is 0. The van der Waals surface area contributed by atoms with E-state index in [9.17, 15) is 19.5 Å². The van der Waals surface area contributed by atoms with Crippen LogP contribution in [-0.2, 0) is 22.7 Å².